The third-order valence-corrected chi connectivity index (χ3v) is 4.91. The number of anilines is 1. The van der Waals surface area contributed by atoms with Crippen molar-refractivity contribution in [2.45, 2.75) is 12.6 Å². The number of oxime groups is 1. The van der Waals surface area contributed by atoms with Gasteiger partial charge in [-0.05, 0) is 6.07 Å². The van der Waals surface area contributed by atoms with Gasteiger partial charge in [-0.1, -0.05) is 16.5 Å². The van der Waals surface area contributed by atoms with Crippen LogP contribution in [0.25, 0.3) is 10.1 Å². The molecule has 1 fully saturated rings. The van der Waals surface area contributed by atoms with Crippen molar-refractivity contribution in [3.8, 4) is 0 Å². The molecule has 1 aliphatic rings. The lowest BCUT2D eigenvalue weighted by Crippen LogP contribution is -2.23. The lowest BCUT2D eigenvalue weighted by atomic mass is 10.1. The minimum Gasteiger partial charge on any atom is -0.399 e. The molecule has 12 heteroatoms. The maximum atomic E-state index is 13.0. The van der Waals surface area contributed by atoms with Crippen LogP contribution in [0, 0.1) is 10.1 Å². The molecule has 1 aliphatic heterocycles. The first-order valence-corrected chi connectivity index (χ1v) is 8.06. The molecule has 0 spiro atoms. The summed E-state index contributed by atoms with van der Waals surface area (Å²) < 4.78 is 38.7. The number of fused-ring (bicyclic) bond motifs is 1. The van der Waals surface area contributed by atoms with Crippen molar-refractivity contribution in [2.75, 3.05) is 25.1 Å². The lowest BCUT2D eigenvalue weighted by molar-refractivity contribution is -0.383. The average molecular weight is 388 g/mol. The molecule has 0 N–H and O–H groups in total. The van der Waals surface area contributed by atoms with Gasteiger partial charge in [0.15, 0.2) is 5.13 Å². The Balaban J connectivity index is 2.17. The Bertz CT molecular complexity index is 973. The van der Waals surface area contributed by atoms with Crippen molar-refractivity contribution in [2.24, 2.45) is 5.16 Å². The molecule has 0 bridgehead atoms. The van der Waals surface area contributed by atoms with E-state index >= 15 is 0 Å². The Morgan fingerprint density at radius 2 is 2.15 bits per heavy atom. The number of halogens is 3. The van der Waals surface area contributed by atoms with Crippen molar-refractivity contribution < 1.29 is 22.9 Å². The number of nitrogens with zero attached hydrogens (tertiary/aromatic N) is 4. The fourth-order valence-electron chi connectivity index (χ4n) is 2.58. The Morgan fingerprint density at radius 3 is 2.77 bits per heavy atom. The summed E-state index contributed by atoms with van der Waals surface area (Å²) >= 11 is 0.803. The fraction of sp³-hybridized carbons (Fsp3) is 0.357. The van der Waals surface area contributed by atoms with Crippen LogP contribution in [0.4, 0.5) is 24.0 Å². The van der Waals surface area contributed by atoms with E-state index in [4.69, 9.17) is 0 Å². The van der Waals surface area contributed by atoms with Crippen molar-refractivity contribution in [1.82, 2.24) is 4.98 Å². The first-order valence-electron chi connectivity index (χ1n) is 7.25. The number of aromatic nitrogens is 1. The van der Waals surface area contributed by atoms with Gasteiger partial charge in [-0.3, -0.25) is 14.9 Å². The van der Waals surface area contributed by atoms with Crippen LogP contribution in [0.1, 0.15) is 12.0 Å². The van der Waals surface area contributed by atoms with Crippen LogP contribution < -0.4 is 10.5 Å². The number of nitro benzene ring substituents is 1. The number of non-ortho nitro benzene ring substituents is 1. The zero-order chi connectivity index (χ0) is 19.1. The second kappa shape index (κ2) is 6.52. The van der Waals surface area contributed by atoms with E-state index in [0.29, 0.717) is 37.4 Å². The lowest BCUT2D eigenvalue weighted by Gasteiger charge is -2.15. The molecule has 0 atom stereocenters. The molecule has 0 amide bonds. The van der Waals surface area contributed by atoms with Gasteiger partial charge in [-0.2, -0.15) is 18.2 Å². The Labute approximate surface area is 147 Å². The largest absolute Gasteiger partial charge is 0.416 e. The molecule has 3 rings (SSSR count). The number of rotatable bonds is 3. The predicted octanol–water partition coefficient (Wildman–Crippen LogP) is 2.80. The van der Waals surface area contributed by atoms with Crippen LogP contribution in [0.2, 0.25) is 0 Å². The minimum atomic E-state index is -4.81. The summed E-state index contributed by atoms with van der Waals surface area (Å²) in [6.07, 6.45) is -4.25. The van der Waals surface area contributed by atoms with Crippen molar-refractivity contribution >= 4 is 38.0 Å². The minimum absolute atomic E-state index is 0.143. The Hall–Kier alpha value is -2.76. The highest BCUT2D eigenvalue weighted by Gasteiger charge is 2.34. The number of alkyl halides is 3. The maximum absolute atomic E-state index is 13.0. The smallest absolute Gasteiger partial charge is 0.399 e. The van der Waals surface area contributed by atoms with Crippen LogP contribution in [-0.4, -0.2) is 35.8 Å². The topological polar surface area (TPSA) is 97.9 Å². The molecule has 1 aromatic heterocycles. The van der Waals surface area contributed by atoms with Crippen molar-refractivity contribution in [1.29, 1.82) is 0 Å². The van der Waals surface area contributed by atoms with Gasteiger partial charge in [0.2, 0.25) is 0 Å². The summed E-state index contributed by atoms with van der Waals surface area (Å²) in [5, 5.41) is 14.8. The molecule has 2 heterocycles. The fourth-order valence-corrected chi connectivity index (χ4v) is 3.68. The van der Waals surface area contributed by atoms with Crippen LogP contribution in [0.5, 0.6) is 0 Å². The van der Waals surface area contributed by atoms with E-state index in [9.17, 15) is 28.1 Å². The Kier molecular flexibility index (Phi) is 4.52. The van der Waals surface area contributed by atoms with E-state index in [-0.39, 0.29) is 9.83 Å². The SMILES string of the molecule is CO/N=C1\CCN(c2nc(=O)c3cc(C(F)(F)F)cc([N+](=O)[O-])c3s2)C1. The van der Waals surface area contributed by atoms with Gasteiger partial charge in [0, 0.05) is 19.0 Å². The summed E-state index contributed by atoms with van der Waals surface area (Å²) in [5.41, 5.74) is -2.27. The molecule has 0 radical (unpaired) electrons. The summed E-state index contributed by atoms with van der Waals surface area (Å²) in [6, 6.07) is 1.03. The number of benzene rings is 1. The first kappa shape index (κ1) is 18.0. The molecule has 138 valence electrons. The molecular weight excluding hydrogens is 377 g/mol. The highest BCUT2D eigenvalue weighted by Crippen LogP contribution is 2.38. The normalized spacial score (nSPS) is 16.5. The third-order valence-electron chi connectivity index (χ3n) is 3.75. The van der Waals surface area contributed by atoms with Crippen LogP contribution in [0.3, 0.4) is 0 Å². The number of hydrogen-bond donors (Lipinski definition) is 0. The van der Waals surface area contributed by atoms with Gasteiger partial charge in [0.25, 0.3) is 11.2 Å². The molecule has 1 aromatic carbocycles. The highest BCUT2D eigenvalue weighted by atomic mass is 32.1. The zero-order valence-corrected chi connectivity index (χ0v) is 14.1. The summed E-state index contributed by atoms with van der Waals surface area (Å²) in [4.78, 5) is 32.7. The quantitative estimate of drug-likeness (QED) is 0.592. The van der Waals surface area contributed by atoms with Gasteiger partial charge in [0.1, 0.15) is 11.8 Å². The molecule has 0 unspecified atom stereocenters. The molecule has 26 heavy (non-hydrogen) atoms. The highest BCUT2D eigenvalue weighted by molar-refractivity contribution is 7.22. The van der Waals surface area contributed by atoms with E-state index in [1.807, 2.05) is 0 Å². The van der Waals surface area contributed by atoms with E-state index in [0.717, 1.165) is 11.3 Å². The first-order chi connectivity index (χ1) is 12.2. The van der Waals surface area contributed by atoms with Crippen molar-refractivity contribution in [3.63, 3.8) is 0 Å². The van der Waals surface area contributed by atoms with E-state index in [1.165, 1.54) is 7.11 Å². The van der Waals surface area contributed by atoms with Gasteiger partial charge < -0.3 is 9.74 Å². The van der Waals surface area contributed by atoms with E-state index in [2.05, 4.69) is 15.0 Å². The molecule has 8 nitrogen and oxygen atoms in total. The van der Waals surface area contributed by atoms with Gasteiger partial charge in [0.05, 0.1) is 28.1 Å². The molecule has 1 saturated heterocycles. The molecule has 0 aliphatic carbocycles. The monoisotopic (exact) mass is 388 g/mol. The second-order valence-corrected chi connectivity index (χ2v) is 6.42. The molecular formula is C14H11F3N4O4S. The van der Waals surface area contributed by atoms with Crippen LogP contribution in [0.15, 0.2) is 22.1 Å². The second-order valence-electron chi connectivity index (χ2n) is 5.44. The van der Waals surface area contributed by atoms with Gasteiger partial charge in [-0.25, -0.2) is 0 Å². The zero-order valence-electron chi connectivity index (χ0n) is 13.2. The average Bonchev–Trinajstić information content (AvgIpc) is 3.02. The molecule has 0 saturated carbocycles. The third kappa shape index (κ3) is 3.31. The number of nitro groups is 1. The maximum Gasteiger partial charge on any atom is 0.416 e. The van der Waals surface area contributed by atoms with E-state index in [1.54, 1.807) is 4.90 Å². The van der Waals surface area contributed by atoms with Crippen LogP contribution in [-0.2, 0) is 11.0 Å². The van der Waals surface area contributed by atoms with Crippen LogP contribution >= 0.6 is 11.3 Å². The van der Waals surface area contributed by atoms with Crippen molar-refractivity contribution in [3.05, 3.63) is 38.2 Å². The summed E-state index contributed by atoms with van der Waals surface area (Å²) in [6.45, 7) is 0.780. The molecule has 2 aromatic rings. The van der Waals surface area contributed by atoms with Gasteiger partial charge >= 0.3 is 6.18 Å². The van der Waals surface area contributed by atoms with Gasteiger partial charge in [-0.15, -0.1) is 0 Å². The van der Waals surface area contributed by atoms with E-state index < -0.39 is 33.3 Å². The standard InChI is InChI=1S/C14H11F3N4O4S/c1-25-19-8-2-3-20(6-8)13-18-12(22)9-4-7(14(15,16)17)5-10(21(23)24)11(9)26-13/h4-5H,2-3,6H2,1H3/b19-8+. The predicted molar refractivity (Wildman–Crippen MR) is 88.8 cm³/mol. The summed E-state index contributed by atoms with van der Waals surface area (Å²) in [5.74, 6) is 0. The summed E-state index contributed by atoms with van der Waals surface area (Å²) in [7, 11) is 1.39. The Morgan fingerprint density at radius 1 is 1.42 bits per heavy atom. The number of hydrogen-bond acceptors (Lipinski definition) is 8.